The molecule has 1 fully saturated rings. The van der Waals surface area contributed by atoms with Gasteiger partial charge < -0.3 is 5.73 Å². The Bertz CT molecular complexity index is 397. The van der Waals surface area contributed by atoms with Gasteiger partial charge in [-0.25, -0.2) is 13.1 Å². The Morgan fingerprint density at radius 1 is 1.26 bits per heavy atom. The SMILES string of the molecule is CC(C)CCS(=O)(=O)NC1(C(N)=S)CCCCCC1. The molecule has 3 N–H and O–H groups in total. The topological polar surface area (TPSA) is 72.2 Å². The van der Waals surface area contributed by atoms with Crippen LogP contribution in [0.5, 0.6) is 0 Å². The molecule has 1 rings (SSSR count). The lowest BCUT2D eigenvalue weighted by Gasteiger charge is -2.32. The van der Waals surface area contributed by atoms with Crippen LogP contribution in [0.4, 0.5) is 0 Å². The van der Waals surface area contributed by atoms with Crippen LogP contribution in [0.25, 0.3) is 0 Å². The summed E-state index contributed by atoms with van der Waals surface area (Å²) in [6, 6.07) is 0. The summed E-state index contributed by atoms with van der Waals surface area (Å²) < 4.78 is 27.2. The highest BCUT2D eigenvalue weighted by molar-refractivity contribution is 7.89. The predicted octanol–water partition coefficient (Wildman–Crippen LogP) is 2.33. The second kappa shape index (κ2) is 6.99. The second-order valence-electron chi connectivity index (χ2n) is 5.96. The van der Waals surface area contributed by atoms with E-state index in [1.165, 1.54) is 0 Å². The maximum absolute atomic E-state index is 12.2. The van der Waals surface area contributed by atoms with Gasteiger partial charge in [0.2, 0.25) is 10.0 Å². The number of nitrogens with two attached hydrogens (primary N) is 1. The van der Waals surface area contributed by atoms with Crippen LogP contribution < -0.4 is 10.5 Å². The zero-order valence-corrected chi connectivity index (χ0v) is 13.6. The molecule has 0 saturated heterocycles. The number of sulfonamides is 1. The average molecular weight is 306 g/mol. The zero-order valence-electron chi connectivity index (χ0n) is 11.9. The van der Waals surface area contributed by atoms with Gasteiger partial charge in [0.15, 0.2) is 0 Å². The fourth-order valence-electron chi connectivity index (χ4n) is 2.47. The monoisotopic (exact) mass is 306 g/mol. The molecule has 19 heavy (non-hydrogen) atoms. The first-order valence-corrected chi connectivity index (χ1v) is 9.15. The Morgan fingerprint density at radius 3 is 2.21 bits per heavy atom. The third-order valence-electron chi connectivity index (χ3n) is 3.74. The van der Waals surface area contributed by atoms with Crippen LogP contribution in [0.15, 0.2) is 0 Å². The van der Waals surface area contributed by atoms with Crippen LogP contribution in [0.1, 0.15) is 58.8 Å². The lowest BCUT2D eigenvalue weighted by atomic mass is 9.91. The van der Waals surface area contributed by atoms with Crippen LogP contribution in [0.2, 0.25) is 0 Å². The second-order valence-corrected chi connectivity index (χ2v) is 8.25. The predicted molar refractivity (Wildman–Crippen MR) is 83.6 cm³/mol. The van der Waals surface area contributed by atoms with Crippen LogP contribution in [0, 0.1) is 5.92 Å². The van der Waals surface area contributed by atoms with Gasteiger partial charge in [0, 0.05) is 0 Å². The van der Waals surface area contributed by atoms with Gasteiger partial charge in [-0.3, -0.25) is 0 Å². The maximum Gasteiger partial charge on any atom is 0.212 e. The lowest BCUT2D eigenvalue weighted by molar-refractivity contribution is 0.439. The Labute approximate surface area is 122 Å². The summed E-state index contributed by atoms with van der Waals surface area (Å²) >= 11 is 5.14. The third-order valence-corrected chi connectivity index (χ3v) is 5.61. The van der Waals surface area contributed by atoms with E-state index in [2.05, 4.69) is 4.72 Å². The highest BCUT2D eigenvalue weighted by atomic mass is 32.2. The van der Waals surface area contributed by atoms with Crippen molar-refractivity contribution in [1.29, 1.82) is 0 Å². The first-order valence-electron chi connectivity index (χ1n) is 7.09. The Balaban J connectivity index is 2.80. The van der Waals surface area contributed by atoms with Crippen LogP contribution in [0.3, 0.4) is 0 Å². The summed E-state index contributed by atoms with van der Waals surface area (Å²) in [7, 11) is -3.31. The quantitative estimate of drug-likeness (QED) is 0.583. The molecule has 0 amide bonds. The van der Waals surface area contributed by atoms with E-state index in [1.807, 2.05) is 13.8 Å². The fraction of sp³-hybridized carbons (Fsp3) is 0.923. The average Bonchev–Trinajstić information content (AvgIpc) is 2.53. The van der Waals surface area contributed by atoms with Gasteiger partial charge >= 0.3 is 0 Å². The van der Waals surface area contributed by atoms with Gasteiger partial charge in [-0.2, -0.15) is 0 Å². The molecule has 0 spiro atoms. The minimum Gasteiger partial charge on any atom is -0.392 e. The minimum absolute atomic E-state index is 0.148. The molecule has 1 saturated carbocycles. The van der Waals surface area contributed by atoms with E-state index in [0.717, 1.165) is 38.5 Å². The molecule has 1 aliphatic carbocycles. The summed E-state index contributed by atoms with van der Waals surface area (Å²) in [4.78, 5) is 0.294. The summed E-state index contributed by atoms with van der Waals surface area (Å²) in [5.74, 6) is 0.515. The van der Waals surface area contributed by atoms with Crippen molar-refractivity contribution in [1.82, 2.24) is 4.72 Å². The molecule has 0 aromatic rings. The third kappa shape index (κ3) is 5.36. The molecular weight excluding hydrogens is 280 g/mol. The summed E-state index contributed by atoms with van der Waals surface area (Å²) in [5, 5.41) is 0. The highest BCUT2D eigenvalue weighted by Gasteiger charge is 2.37. The summed E-state index contributed by atoms with van der Waals surface area (Å²) in [6.45, 7) is 4.04. The van der Waals surface area contributed by atoms with Gasteiger partial charge in [0.1, 0.15) is 0 Å². The molecule has 0 aromatic carbocycles. The first kappa shape index (κ1) is 16.9. The van der Waals surface area contributed by atoms with E-state index in [0.29, 0.717) is 17.3 Å². The number of hydrogen-bond donors (Lipinski definition) is 2. The Kier molecular flexibility index (Phi) is 6.20. The standard InChI is InChI=1S/C13H26N2O2S2/c1-11(2)7-10-19(16,17)15-13(12(14)18)8-5-3-4-6-9-13/h11,15H,3-10H2,1-2H3,(H2,14,18). The number of nitrogens with one attached hydrogen (secondary N) is 1. The normalized spacial score (nSPS) is 20.2. The van der Waals surface area contributed by atoms with Gasteiger partial charge in [-0.15, -0.1) is 0 Å². The fourth-order valence-corrected chi connectivity index (χ4v) is 4.58. The van der Waals surface area contributed by atoms with Crippen LogP contribution in [-0.2, 0) is 10.0 Å². The van der Waals surface area contributed by atoms with Gasteiger partial charge in [0.25, 0.3) is 0 Å². The molecule has 0 radical (unpaired) electrons. The van der Waals surface area contributed by atoms with Crippen molar-refractivity contribution in [2.45, 2.75) is 64.3 Å². The van der Waals surface area contributed by atoms with E-state index in [-0.39, 0.29) is 5.75 Å². The van der Waals surface area contributed by atoms with E-state index in [9.17, 15) is 8.42 Å². The van der Waals surface area contributed by atoms with Crippen molar-refractivity contribution >= 4 is 27.2 Å². The highest BCUT2D eigenvalue weighted by Crippen LogP contribution is 2.28. The molecule has 112 valence electrons. The molecule has 0 unspecified atom stereocenters. The number of hydrogen-bond acceptors (Lipinski definition) is 3. The number of rotatable bonds is 6. The molecule has 0 atom stereocenters. The molecule has 4 nitrogen and oxygen atoms in total. The van der Waals surface area contributed by atoms with Crippen molar-refractivity contribution in [2.24, 2.45) is 11.7 Å². The van der Waals surface area contributed by atoms with E-state index in [1.54, 1.807) is 0 Å². The lowest BCUT2D eigenvalue weighted by Crippen LogP contribution is -2.56. The van der Waals surface area contributed by atoms with E-state index in [4.69, 9.17) is 18.0 Å². The molecule has 0 aromatic heterocycles. The minimum atomic E-state index is -3.31. The molecule has 1 aliphatic rings. The molecule has 6 heteroatoms. The van der Waals surface area contributed by atoms with Gasteiger partial charge in [0.05, 0.1) is 16.3 Å². The van der Waals surface area contributed by atoms with Crippen molar-refractivity contribution < 1.29 is 8.42 Å². The van der Waals surface area contributed by atoms with Crippen molar-refractivity contribution in [3.05, 3.63) is 0 Å². The van der Waals surface area contributed by atoms with Crippen LogP contribution in [-0.4, -0.2) is 24.7 Å². The zero-order chi connectivity index (χ0) is 14.5. The van der Waals surface area contributed by atoms with Crippen molar-refractivity contribution in [3.8, 4) is 0 Å². The Hall–Kier alpha value is -0.200. The first-order chi connectivity index (χ1) is 8.77. The van der Waals surface area contributed by atoms with Crippen molar-refractivity contribution in [2.75, 3.05) is 5.75 Å². The van der Waals surface area contributed by atoms with Crippen LogP contribution >= 0.6 is 12.2 Å². The van der Waals surface area contributed by atoms with E-state index < -0.39 is 15.6 Å². The summed E-state index contributed by atoms with van der Waals surface area (Å²) in [6.07, 6.45) is 6.31. The molecule has 0 heterocycles. The van der Waals surface area contributed by atoms with Crippen molar-refractivity contribution in [3.63, 3.8) is 0 Å². The smallest absolute Gasteiger partial charge is 0.212 e. The maximum atomic E-state index is 12.2. The Morgan fingerprint density at radius 2 is 1.79 bits per heavy atom. The molecule has 0 bridgehead atoms. The molecule has 0 aliphatic heterocycles. The largest absolute Gasteiger partial charge is 0.392 e. The van der Waals surface area contributed by atoms with Gasteiger partial charge in [-0.05, 0) is 25.2 Å². The number of thiocarbonyl (C=S) groups is 1. The summed E-state index contributed by atoms with van der Waals surface area (Å²) in [5.41, 5.74) is 5.15. The van der Waals surface area contributed by atoms with E-state index >= 15 is 0 Å². The molecular formula is C13H26N2O2S2. The van der Waals surface area contributed by atoms with Gasteiger partial charge in [-0.1, -0.05) is 51.7 Å².